The molecule has 0 radical (unpaired) electrons. The van der Waals surface area contributed by atoms with E-state index >= 15 is 0 Å². The topological polar surface area (TPSA) is 30.0 Å². The second kappa shape index (κ2) is 3.15. The fraction of sp³-hybridized carbons (Fsp3) is 0. The molecule has 0 amide bonds. The van der Waals surface area contributed by atoms with Crippen molar-refractivity contribution < 1.29 is 4.79 Å². The number of carbonyl (C=O) groups is 1. The van der Waals surface area contributed by atoms with Gasteiger partial charge < -0.3 is 0 Å². The van der Waals surface area contributed by atoms with E-state index in [0.717, 1.165) is 17.1 Å². The largest absolute Gasteiger partial charge is 0.298 e. The van der Waals surface area contributed by atoms with Crippen LogP contribution in [0.5, 0.6) is 0 Å². The highest BCUT2D eigenvalue weighted by atomic mass is 35.5. The molecular weight excluding hydrogens is 186 g/mol. The van der Waals surface area contributed by atoms with Crippen LogP contribution in [0, 0.1) is 0 Å². The molecule has 0 aliphatic rings. The fourth-order valence-electron chi connectivity index (χ4n) is 1.29. The Balaban J connectivity index is 2.91. The zero-order valence-electron chi connectivity index (χ0n) is 6.70. The summed E-state index contributed by atoms with van der Waals surface area (Å²) in [7, 11) is 0. The minimum absolute atomic E-state index is 0.480. The Bertz CT molecular complexity index is 467. The molecular formula is C10H6ClNO. The van der Waals surface area contributed by atoms with Crippen LogP contribution in [0.3, 0.4) is 0 Å². The summed E-state index contributed by atoms with van der Waals surface area (Å²) in [5, 5.41) is 2.25. The number of hydrogen-bond donors (Lipinski definition) is 0. The van der Waals surface area contributed by atoms with Crippen LogP contribution < -0.4 is 0 Å². The van der Waals surface area contributed by atoms with E-state index in [9.17, 15) is 4.79 Å². The molecule has 2 rings (SSSR count). The van der Waals surface area contributed by atoms with E-state index in [2.05, 4.69) is 4.98 Å². The minimum atomic E-state index is 0.480. The summed E-state index contributed by atoms with van der Waals surface area (Å²) in [6, 6.07) is 5.33. The first-order valence-electron chi connectivity index (χ1n) is 3.80. The highest BCUT2D eigenvalue weighted by Crippen LogP contribution is 2.23. The number of aromatic nitrogens is 1. The standard InChI is InChI=1S/C10H6ClNO/c11-10-2-1-7-5-12-4-3-8(7)9(10)6-13/h1-6H. The van der Waals surface area contributed by atoms with Gasteiger partial charge in [-0.25, -0.2) is 0 Å². The first-order chi connectivity index (χ1) is 6.33. The second-order valence-corrected chi connectivity index (χ2v) is 3.08. The van der Waals surface area contributed by atoms with Gasteiger partial charge >= 0.3 is 0 Å². The van der Waals surface area contributed by atoms with Gasteiger partial charge in [0.05, 0.1) is 5.02 Å². The molecule has 0 aliphatic carbocycles. The number of aldehydes is 1. The first kappa shape index (κ1) is 8.20. The molecule has 1 heterocycles. The lowest BCUT2D eigenvalue weighted by molar-refractivity contribution is 0.112. The molecule has 1 aromatic heterocycles. The van der Waals surface area contributed by atoms with Gasteiger partial charge in [0.1, 0.15) is 0 Å². The molecule has 0 saturated heterocycles. The van der Waals surface area contributed by atoms with E-state index in [4.69, 9.17) is 11.6 Å². The van der Waals surface area contributed by atoms with E-state index in [-0.39, 0.29) is 0 Å². The van der Waals surface area contributed by atoms with Crippen LogP contribution in [0.2, 0.25) is 5.02 Å². The van der Waals surface area contributed by atoms with E-state index in [0.29, 0.717) is 10.6 Å². The highest BCUT2D eigenvalue weighted by molar-refractivity contribution is 6.34. The zero-order valence-corrected chi connectivity index (χ0v) is 7.45. The average molecular weight is 192 g/mol. The molecule has 1 aromatic carbocycles. The summed E-state index contributed by atoms with van der Waals surface area (Å²) in [5.74, 6) is 0. The van der Waals surface area contributed by atoms with Crippen molar-refractivity contribution in [2.75, 3.05) is 0 Å². The van der Waals surface area contributed by atoms with Crippen LogP contribution in [0.25, 0.3) is 10.8 Å². The van der Waals surface area contributed by atoms with Gasteiger partial charge in [-0.2, -0.15) is 0 Å². The molecule has 3 heteroatoms. The number of nitrogens with zero attached hydrogens (tertiary/aromatic N) is 1. The molecule has 0 atom stereocenters. The van der Waals surface area contributed by atoms with E-state index < -0.39 is 0 Å². The highest BCUT2D eigenvalue weighted by Gasteiger charge is 2.03. The molecule has 0 aliphatic heterocycles. The smallest absolute Gasteiger partial charge is 0.152 e. The maximum Gasteiger partial charge on any atom is 0.152 e. The number of rotatable bonds is 1. The number of pyridine rings is 1. The third-order valence-electron chi connectivity index (χ3n) is 1.93. The van der Waals surface area contributed by atoms with Gasteiger partial charge in [0, 0.05) is 23.3 Å². The number of halogens is 1. The second-order valence-electron chi connectivity index (χ2n) is 2.68. The number of fused-ring (bicyclic) bond motifs is 1. The van der Waals surface area contributed by atoms with Crippen molar-refractivity contribution in [3.05, 3.63) is 41.2 Å². The van der Waals surface area contributed by atoms with Gasteiger partial charge in [-0.1, -0.05) is 17.7 Å². The Labute approximate surface area is 80.2 Å². The summed E-state index contributed by atoms with van der Waals surface area (Å²) in [4.78, 5) is 14.7. The van der Waals surface area contributed by atoms with Crippen LogP contribution in [-0.4, -0.2) is 11.3 Å². The average Bonchev–Trinajstić information content (AvgIpc) is 2.18. The molecule has 0 N–H and O–H groups in total. The summed E-state index contributed by atoms with van der Waals surface area (Å²) in [5.41, 5.74) is 0.529. The Kier molecular flexibility index (Phi) is 1.99. The van der Waals surface area contributed by atoms with Crippen molar-refractivity contribution >= 4 is 28.7 Å². The lowest BCUT2D eigenvalue weighted by Gasteiger charge is -2.01. The number of hydrogen-bond acceptors (Lipinski definition) is 2. The Hall–Kier alpha value is -1.41. The predicted octanol–water partition coefficient (Wildman–Crippen LogP) is 2.70. The third-order valence-corrected chi connectivity index (χ3v) is 2.26. The van der Waals surface area contributed by atoms with Crippen LogP contribution >= 0.6 is 11.6 Å². The predicted molar refractivity (Wildman–Crippen MR) is 52.1 cm³/mol. The SMILES string of the molecule is O=Cc1c(Cl)ccc2cnccc12. The van der Waals surface area contributed by atoms with Crippen molar-refractivity contribution in [1.82, 2.24) is 4.98 Å². The number of carbonyl (C=O) groups excluding carboxylic acids is 1. The van der Waals surface area contributed by atoms with Gasteiger partial charge in [-0.05, 0) is 17.5 Å². The van der Waals surface area contributed by atoms with Gasteiger partial charge in [0.25, 0.3) is 0 Å². The molecule has 2 nitrogen and oxygen atoms in total. The van der Waals surface area contributed by atoms with Crippen LogP contribution in [0.1, 0.15) is 10.4 Å². The molecule has 0 bridgehead atoms. The quantitative estimate of drug-likeness (QED) is 0.649. The Morgan fingerprint density at radius 3 is 2.92 bits per heavy atom. The van der Waals surface area contributed by atoms with Gasteiger partial charge in [0.2, 0.25) is 0 Å². The lowest BCUT2D eigenvalue weighted by atomic mass is 10.1. The zero-order chi connectivity index (χ0) is 9.26. The van der Waals surface area contributed by atoms with Crippen molar-refractivity contribution in [3.8, 4) is 0 Å². The molecule has 64 valence electrons. The lowest BCUT2D eigenvalue weighted by Crippen LogP contribution is -1.85. The van der Waals surface area contributed by atoms with Crippen LogP contribution in [-0.2, 0) is 0 Å². The molecule has 0 spiro atoms. The summed E-state index contributed by atoms with van der Waals surface area (Å²) >= 11 is 5.85. The maximum atomic E-state index is 10.7. The monoisotopic (exact) mass is 191 g/mol. The molecule has 0 unspecified atom stereocenters. The number of benzene rings is 1. The van der Waals surface area contributed by atoms with E-state index in [1.54, 1.807) is 24.5 Å². The van der Waals surface area contributed by atoms with E-state index in [1.165, 1.54) is 0 Å². The van der Waals surface area contributed by atoms with Crippen LogP contribution in [0.4, 0.5) is 0 Å². The molecule has 13 heavy (non-hydrogen) atoms. The summed E-state index contributed by atoms with van der Waals surface area (Å²) in [6.07, 6.45) is 4.12. The van der Waals surface area contributed by atoms with Gasteiger partial charge in [-0.15, -0.1) is 0 Å². The van der Waals surface area contributed by atoms with Gasteiger partial charge in [0.15, 0.2) is 6.29 Å². The fourth-order valence-corrected chi connectivity index (χ4v) is 1.50. The van der Waals surface area contributed by atoms with Crippen molar-refractivity contribution in [2.45, 2.75) is 0 Å². The van der Waals surface area contributed by atoms with Crippen LogP contribution in [0.15, 0.2) is 30.6 Å². The molecule has 0 fully saturated rings. The maximum absolute atomic E-state index is 10.7. The van der Waals surface area contributed by atoms with Gasteiger partial charge in [-0.3, -0.25) is 9.78 Å². The molecule has 2 aromatic rings. The third kappa shape index (κ3) is 1.29. The normalized spacial score (nSPS) is 10.2. The Morgan fingerprint density at radius 1 is 1.31 bits per heavy atom. The Morgan fingerprint density at radius 2 is 2.15 bits per heavy atom. The summed E-state index contributed by atoms with van der Waals surface area (Å²) in [6.45, 7) is 0. The first-order valence-corrected chi connectivity index (χ1v) is 4.18. The van der Waals surface area contributed by atoms with Crippen molar-refractivity contribution in [3.63, 3.8) is 0 Å². The summed E-state index contributed by atoms with van der Waals surface area (Å²) < 4.78 is 0. The van der Waals surface area contributed by atoms with Crippen molar-refractivity contribution in [2.24, 2.45) is 0 Å². The van der Waals surface area contributed by atoms with Crippen molar-refractivity contribution in [1.29, 1.82) is 0 Å². The minimum Gasteiger partial charge on any atom is -0.298 e. The van der Waals surface area contributed by atoms with E-state index in [1.807, 2.05) is 6.07 Å². The molecule has 0 saturated carbocycles.